The third kappa shape index (κ3) is 7.79. The number of piperidine rings is 1. The van der Waals surface area contributed by atoms with Gasteiger partial charge in [0.25, 0.3) is 0 Å². The van der Waals surface area contributed by atoms with Crippen LogP contribution in [0.25, 0.3) is 0 Å². The molecule has 3 heterocycles. The molecule has 0 bridgehead atoms. The Labute approximate surface area is 279 Å². The minimum absolute atomic E-state index is 0.00775. The second-order valence-electron chi connectivity index (χ2n) is 14.0. The van der Waals surface area contributed by atoms with Gasteiger partial charge in [0, 0.05) is 43.5 Å². The highest BCUT2D eigenvalue weighted by Crippen LogP contribution is 2.39. The van der Waals surface area contributed by atoms with Crippen LogP contribution in [0.1, 0.15) is 106 Å². The summed E-state index contributed by atoms with van der Waals surface area (Å²) >= 11 is 0. The van der Waals surface area contributed by atoms with Gasteiger partial charge in [0.15, 0.2) is 0 Å². The topological polar surface area (TPSA) is 99.4 Å². The Bertz CT molecular complexity index is 1500. The van der Waals surface area contributed by atoms with Crippen LogP contribution in [0.5, 0.6) is 0 Å². The third-order valence-corrected chi connectivity index (χ3v) is 11.1. The Hall–Kier alpha value is -3.53. The van der Waals surface area contributed by atoms with Crippen molar-refractivity contribution < 1.29 is 14.3 Å². The summed E-state index contributed by atoms with van der Waals surface area (Å²) in [7, 11) is 2.11. The van der Waals surface area contributed by atoms with E-state index in [9.17, 15) is 14.3 Å². The van der Waals surface area contributed by atoms with Crippen molar-refractivity contribution >= 4 is 17.7 Å². The van der Waals surface area contributed by atoms with E-state index in [0.717, 1.165) is 112 Å². The smallest absolute Gasteiger partial charge is 0.306 e. The zero-order chi connectivity index (χ0) is 32.9. The van der Waals surface area contributed by atoms with Gasteiger partial charge in [-0.2, -0.15) is 10.1 Å². The molecule has 1 aromatic carbocycles. The second-order valence-corrected chi connectivity index (χ2v) is 14.0. The van der Waals surface area contributed by atoms with Crippen LogP contribution in [0.4, 0.5) is 16.2 Å². The monoisotopic (exact) mass is 645 g/mol. The predicted octanol–water partition coefficient (Wildman–Crippen LogP) is 6.85. The summed E-state index contributed by atoms with van der Waals surface area (Å²) in [6.45, 7) is 8.20. The van der Waals surface area contributed by atoms with Gasteiger partial charge in [-0.3, -0.25) is 9.48 Å². The van der Waals surface area contributed by atoms with E-state index in [1.54, 1.807) is 6.07 Å². The van der Waals surface area contributed by atoms with Crippen molar-refractivity contribution in [1.82, 2.24) is 24.6 Å². The number of nitrogens with zero attached hydrogens (tertiary/aromatic N) is 6. The maximum Gasteiger partial charge on any atom is 0.306 e. The first-order chi connectivity index (χ1) is 22.8. The number of anilines is 2. The molecule has 0 spiro atoms. The van der Waals surface area contributed by atoms with Gasteiger partial charge in [0.05, 0.1) is 23.9 Å². The molecule has 2 aliphatic carbocycles. The summed E-state index contributed by atoms with van der Waals surface area (Å²) in [5.74, 6) is 1.10. The van der Waals surface area contributed by atoms with Gasteiger partial charge >= 0.3 is 5.97 Å². The van der Waals surface area contributed by atoms with Crippen molar-refractivity contribution in [3.05, 3.63) is 64.9 Å². The number of likely N-dealkylation sites (tertiary alicyclic amines) is 1. The van der Waals surface area contributed by atoms with E-state index in [2.05, 4.69) is 47.3 Å². The number of fused-ring (bicyclic) bond motifs is 1. The average molecular weight is 646 g/mol. The van der Waals surface area contributed by atoms with Crippen molar-refractivity contribution in [3.63, 3.8) is 0 Å². The van der Waals surface area contributed by atoms with Gasteiger partial charge in [0.1, 0.15) is 11.6 Å². The number of halogens is 1. The summed E-state index contributed by atoms with van der Waals surface area (Å²) in [6.07, 6.45) is 14.6. The minimum atomic E-state index is -0.668. The molecule has 3 aromatic rings. The van der Waals surface area contributed by atoms with Gasteiger partial charge in [0.2, 0.25) is 5.95 Å². The van der Waals surface area contributed by atoms with Gasteiger partial charge in [-0.05, 0) is 114 Å². The number of carboxylic acid groups (broad SMARTS) is 1. The molecule has 2 aromatic heterocycles. The quantitative estimate of drug-likeness (QED) is 0.221. The maximum absolute atomic E-state index is 14.3. The van der Waals surface area contributed by atoms with E-state index in [4.69, 9.17) is 9.97 Å². The first-order valence-corrected chi connectivity index (χ1v) is 17.9. The lowest BCUT2D eigenvalue weighted by Crippen LogP contribution is -2.41. The SMILES string of the molecule is CC[C@H](C1CCC(C(=O)O)CC1)N(C)c1nc2c(c(N[C@@H](CN3CCCCC3)c3cnn(CC)c3)n1)C[C@H](c1cccc(F)c1)CC2. The molecule has 9 nitrogen and oxygen atoms in total. The van der Waals surface area contributed by atoms with Crippen molar-refractivity contribution in [2.45, 2.75) is 109 Å². The Balaban J connectivity index is 1.34. The molecule has 0 radical (unpaired) electrons. The minimum Gasteiger partial charge on any atom is -0.481 e. The number of benzene rings is 1. The van der Waals surface area contributed by atoms with Crippen LogP contribution < -0.4 is 10.2 Å². The van der Waals surface area contributed by atoms with Crippen LogP contribution in [0, 0.1) is 17.7 Å². The largest absolute Gasteiger partial charge is 0.481 e. The standard InChI is InChI=1S/C37H52FN7O2/c1-4-34(25-12-14-26(15-13-25)36(46)47)43(3)37-41-32-17-16-28(27-10-9-11-30(38)20-27)21-31(32)35(42-37)40-33(24-44-18-7-6-8-19-44)29-22-39-45(5-2)23-29/h9-11,20,22-23,25-26,28,33-34H,4-8,12-19,21,24H2,1-3H3,(H,46,47)(H,40,41,42)/t25?,26?,28-,33+,34-/m1/s1. The third-order valence-electron chi connectivity index (χ3n) is 11.1. The normalized spacial score (nSPS) is 23.1. The van der Waals surface area contributed by atoms with E-state index >= 15 is 0 Å². The molecule has 3 atom stereocenters. The number of nitrogens with one attached hydrogen (secondary N) is 1. The fraction of sp³-hybridized carbons (Fsp3) is 0.622. The maximum atomic E-state index is 14.3. The molecule has 1 saturated carbocycles. The van der Waals surface area contributed by atoms with Crippen molar-refractivity contribution in [2.75, 3.05) is 36.9 Å². The summed E-state index contributed by atoms with van der Waals surface area (Å²) < 4.78 is 16.3. The van der Waals surface area contributed by atoms with Gasteiger partial charge in [-0.15, -0.1) is 0 Å². The number of aromatic nitrogens is 4. The molecule has 0 unspecified atom stereocenters. The first-order valence-electron chi connectivity index (χ1n) is 17.9. The van der Waals surface area contributed by atoms with E-state index in [1.165, 1.54) is 25.3 Å². The fourth-order valence-corrected chi connectivity index (χ4v) is 8.27. The van der Waals surface area contributed by atoms with Crippen LogP contribution in [-0.4, -0.2) is 68.4 Å². The molecule has 1 saturated heterocycles. The van der Waals surface area contributed by atoms with Crippen molar-refractivity contribution in [2.24, 2.45) is 11.8 Å². The number of hydrogen-bond acceptors (Lipinski definition) is 7. The number of aliphatic carboxylic acids is 1. The molecule has 2 N–H and O–H groups in total. The highest BCUT2D eigenvalue weighted by molar-refractivity contribution is 5.70. The Morgan fingerprint density at radius 1 is 1.11 bits per heavy atom. The number of aryl methyl sites for hydroxylation is 2. The fourth-order valence-electron chi connectivity index (χ4n) is 8.27. The molecule has 10 heteroatoms. The summed E-state index contributed by atoms with van der Waals surface area (Å²) in [6, 6.07) is 7.27. The Morgan fingerprint density at radius 3 is 2.57 bits per heavy atom. The molecule has 47 heavy (non-hydrogen) atoms. The number of rotatable bonds is 12. The van der Waals surface area contributed by atoms with Crippen LogP contribution in [-0.2, 0) is 24.2 Å². The van der Waals surface area contributed by atoms with Crippen LogP contribution in [0.2, 0.25) is 0 Å². The Kier molecular flexibility index (Phi) is 10.7. The molecular formula is C37H52FN7O2. The lowest BCUT2D eigenvalue weighted by Gasteiger charge is -2.38. The summed E-state index contributed by atoms with van der Waals surface area (Å²) in [4.78, 5) is 27.0. The van der Waals surface area contributed by atoms with Crippen molar-refractivity contribution in [3.8, 4) is 0 Å². The Morgan fingerprint density at radius 2 is 1.89 bits per heavy atom. The highest BCUT2D eigenvalue weighted by atomic mass is 19.1. The van der Waals surface area contributed by atoms with E-state index in [0.29, 0.717) is 5.92 Å². The second kappa shape index (κ2) is 15.1. The molecule has 254 valence electrons. The van der Waals surface area contributed by atoms with Crippen molar-refractivity contribution in [1.29, 1.82) is 0 Å². The number of carbonyl (C=O) groups is 1. The lowest BCUT2D eigenvalue weighted by atomic mass is 9.77. The predicted molar refractivity (Wildman–Crippen MR) is 183 cm³/mol. The zero-order valence-corrected chi connectivity index (χ0v) is 28.4. The molecule has 0 amide bonds. The molecular weight excluding hydrogens is 593 g/mol. The van der Waals surface area contributed by atoms with Crippen LogP contribution in [0.15, 0.2) is 36.7 Å². The molecule has 6 rings (SSSR count). The van der Waals surface area contributed by atoms with E-state index in [-0.39, 0.29) is 29.7 Å². The van der Waals surface area contributed by atoms with Crippen LogP contribution in [0.3, 0.4) is 0 Å². The number of hydrogen-bond donors (Lipinski definition) is 2. The van der Waals surface area contributed by atoms with Gasteiger partial charge < -0.3 is 20.2 Å². The molecule has 3 aliphatic rings. The summed E-state index contributed by atoms with van der Waals surface area (Å²) in [5.41, 5.74) is 4.38. The summed E-state index contributed by atoms with van der Waals surface area (Å²) in [5, 5.41) is 18.1. The highest BCUT2D eigenvalue weighted by Gasteiger charge is 2.34. The van der Waals surface area contributed by atoms with Crippen LogP contribution >= 0.6 is 0 Å². The van der Waals surface area contributed by atoms with E-state index in [1.807, 2.05) is 23.0 Å². The molecule has 2 fully saturated rings. The van der Waals surface area contributed by atoms with Gasteiger partial charge in [-0.1, -0.05) is 25.5 Å². The molecule has 1 aliphatic heterocycles. The zero-order valence-electron chi connectivity index (χ0n) is 28.4. The van der Waals surface area contributed by atoms with Gasteiger partial charge in [-0.25, -0.2) is 9.37 Å². The number of carboxylic acids is 1. The average Bonchev–Trinajstić information content (AvgIpc) is 3.58. The lowest BCUT2D eigenvalue weighted by molar-refractivity contribution is -0.143. The first kappa shape index (κ1) is 33.4. The van der Waals surface area contributed by atoms with E-state index < -0.39 is 5.97 Å².